The van der Waals surface area contributed by atoms with Gasteiger partial charge in [0.2, 0.25) is 5.95 Å². The Kier molecular flexibility index (Phi) is 3.64. The van der Waals surface area contributed by atoms with E-state index in [-0.39, 0.29) is 0 Å². The first kappa shape index (κ1) is 12.8. The first-order chi connectivity index (χ1) is 9.26. The van der Waals surface area contributed by atoms with Crippen LogP contribution in [0.3, 0.4) is 0 Å². The van der Waals surface area contributed by atoms with Crippen molar-refractivity contribution in [3.63, 3.8) is 0 Å². The molecule has 102 valence electrons. The van der Waals surface area contributed by atoms with Crippen LogP contribution < -0.4 is 5.32 Å². The maximum atomic E-state index is 4.54. The second kappa shape index (κ2) is 5.41. The van der Waals surface area contributed by atoms with Crippen LogP contribution in [0.25, 0.3) is 5.65 Å². The van der Waals surface area contributed by atoms with Gasteiger partial charge in [-0.2, -0.15) is 16.7 Å². The second-order valence-electron chi connectivity index (χ2n) is 5.23. The summed E-state index contributed by atoms with van der Waals surface area (Å²) >= 11 is 2.00. The zero-order valence-electron chi connectivity index (χ0n) is 11.5. The van der Waals surface area contributed by atoms with E-state index in [0.717, 1.165) is 22.5 Å². The number of hydrogen-bond acceptors (Lipinski definition) is 4. The van der Waals surface area contributed by atoms with Gasteiger partial charge < -0.3 is 5.32 Å². The largest absolute Gasteiger partial charge is 0.350 e. The van der Waals surface area contributed by atoms with Gasteiger partial charge in [-0.1, -0.05) is 6.07 Å². The summed E-state index contributed by atoms with van der Waals surface area (Å²) in [5.41, 5.74) is 2.03. The molecule has 0 spiro atoms. The molecule has 4 nitrogen and oxygen atoms in total. The Morgan fingerprint density at radius 1 is 1.26 bits per heavy atom. The van der Waals surface area contributed by atoms with Crippen molar-refractivity contribution >= 4 is 23.4 Å². The van der Waals surface area contributed by atoms with Crippen molar-refractivity contribution in [2.24, 2.45) is 0 Å². The number of rotatable bonds is 3. The third kappa shape index (κ3) is 2.71. The molecule has 2 aromatic rings. The van der Waals surface area contributed by atoms with Crippen molar-refractivity contribution in [1.82, 2.24) is 14.6 Å². The van der Waals surface area contributed by atoms with E-state index in [1.165, 1.54) is 25.7 Å². The average molecular weight is 276 g/mol. The average Bonchev–Trinajstić information content (AvgIpc) is 2.84. The van der Waals surface area contributed by atoms with Crippen molar-refractivity contribution in [3.8, 4) is 0 Å². The number of aryl methyl sites for hydroxylation is 1. The van der Waals surface area contributed by atoms with Gasteiger partial charge in [-0.3, -0.25) is 0 Å². The molecule has 1 aliphatic carbocycles. The van der Waals surface area contributed by atoms with Crippen LogP contribution in [0.2, 0.25) is 0 Å². The maximum absolute atomic E-state index is 4.54. The van der Waals surface area contributed by atoms with E-state index in [2.05, 4.69) is 34.6 Å². The summed E-state index contributed by atoms with van der Waals surface area (Å²) in [6, 6.07) is 6.60. The number of nitrogens with one attached hydrogen (secondary N) is 1. The molecular weight excluding hydrogens is 256 g/mol. The molecule has 0 atom stereocenters. The van der Waals surface area contributed by atoms with Crippen LogP contribution in [0.15, 0.2) is 18.2 Å². The van der Waals surface area contributed by atoms with Crippen molar-refractivity contribution < 1.29 is 0 Å². The third-order valence-electron chi connectivity index (χ3n) is 3.89. The van der Waals surface area contributed by atoms with Crippen LogP contribution in [-0.2, 0) is 0 Å². The molecule has 1 N–H and O–H groups in total. The monoisotopic (exact) mass is 276 g/mol. The molecular formula is C14H20N4S. The number of aromatic nitrogens is 3. The van der Waals surface area contributed by atoms with Crippen LogP contribution in [0, 0.1) is 6.92 Å². The van der Waals surface area contributed by atoms with Gasteiger partial charge in [0.25, 0.3) is 0 Å². The number of nitrogens with zero attached hydrogens (tertiary/aromatic N) is 3. The van der Waals surface area contributed by atoms with E-state index in [0.29, 0.717) is 6.04 Å². The zero-order chi connectivity index (χ0) is 13.2. The molecule has 1 aliphatic rings. The molecule has 0 amide bonds. The molecule has 19 heavy (non-hydrogen) atoms. The Balaban J connectivity index is 1.70. The number of pyridine rings is 1. The summed E-state index contributed by atoms with van der Waals surface area (Å²) in [6.45, 7) is 2.05. The number of anilines is 1. The van der Waals surface area contributed by atoms with Crippen molar-refractivity contribution in [1.29, 1.82) is 0 Å². The zero-order valence-corrected chi connectivity index (χ0v) is 12.3. The summed E-state index contributed by atoms with van der Waals surface area (Å²) in [5.74, 6) is 0.766. The molecule has 0 aromatic carbocycles. The lowest BCUT2D eigenvalue weighted by Gasteiger charge is -2.27. The quantitative estimate of drug-likeness (QED) is 0.935. The second-order valence-corrected chi connectivity index (χ2v) is 6.36. The lowest BCUT2D eigenvalue weighted by molar-refractivity contribution is 0.471. The predicted octanol–water partition coefficient (Wildman–Crippen LogP) is 3.12. The molecule has 2 heterocycles. The molecule has 0 unspecified atom stereocenters. The van der Waals surface area contributed by atoms with Crippen LogP contribution in [0.1, 0.15) is 31.4 Å². The Morgan fingerprint density at radius 3 is 2.74 bits per heavy atom. The Bertz CT molecular complexity index is 558. The highest BCUT2D eigenvalue weighted by Gasteiger charge is 2.21. The highest BCUT2D eigenvalue weighted by molar-refractivity contribution is 7.99. The van der Waals surface area contributed by atoms with Gasteiger partial charge in [-0.25, -0.2) is 4.52 Å². The van der Waals surface area contributed by atoms with E-state index in [9.17, 15) is 0 Å². The fraction of sp³-hybridized carbons (Fsp3) is 0.571. The highest BCUT2D eigenvalue weighted by Crippen LogP contribution is 2.28. The van der Waals surface area contributed by atoms with Crippen molar-refractivity contribution in [2.45, 2.75) is 43.9 Å². The third-order valence-corrected chi connectivity index (χ3v) is 5.03. The molecule has 0 bridgehead atoms. The number of fused-ring (bicyclic) bond motifs is 1. The topological polar surface area (TPSA) is 42.2 Å². The standard InChI is InChI=1S/C14H20N4S/c1-10-4-3-5-13-16-14(17-18(10)13)15-11-6-8-12(19-2)9-7-11/h3-5,11-12H,6-9H2,1-2H3,(H,15,17). The summed E-state index contributed by atoms with van der Waals surface area (Å²) in [6.07, 6.45) is 7.25. The van der Waals surface area contributed by atoms with Crippen molar-refractivity contribution in [3.05, 3.63) is 23.9 Å². The number of thioether (sulfide) groups is 1. The number of hydrogen-bond donors (Lipinski definition) is 1. The summed E-state index contributed by atoms with van der Waals surface area (Å²) in [4.78, 5) is 4.54. The first-order valence-electron chi connectivity index (χ1n) is 6.88. The minimum absolute atomic E-state index is 0.529. The Morgan fingerprint density at radius 2 is 2.05 bits per heavy atom. The summed E-state index contributed by atoms with van der Waals surface area (Å²) < 4.78 is 1.90. The highest BCUT2D eigenvalue weighted by atomic mass is 32.2. The summed E-state index contributed by atoms with van der Waals surface area (Å²) in [5, 5.41) is 8.87. The fourth-order valence-corrected chi connectivity index (χ4v) is 3.47. The minimum atomic E-state index is 0.529. The van der Waals surface area contributed by atoms with Gasteiger partial charge in [-0.05, 0) is 51.0 Å². The lowest BCUT2D eigenvalue weighted by Crippen LogP contribution is -2.27. The molecule has 2 aromatic heterocycles. The van der Waals surface area contributed by atoms with Crippen LogP contribution in [0.4, 0.5) is 5.95 Å². The molecule has 5 heteroatoms. The molecule has 1 saturated carbocycles. The molecule has 0 saturated heterocycles. The van der Waals surface area contributed by atoms with Gasteiger partial charge in [0.15, 0.2) is 5.65 Å². The van der Waals surface area contributed by atoms with Gasteiger partial charge >= 0.3 is 0 Å². The van der Waals surface area contributed by atoms with Crippen LogP contribution in [0.5, 0.6) is 0 Å². The lowest BCUT2D eigenvalue weighted by atomic mass is 9.95. The molecule has 0 aliphatic heterocycles. The first-order valence-corrected chi connectivity index (χ1v) is 8.17. The van der Waals surface area contributed by atoms with Gasteiger partial charge in [0, 0.05) is 17.0 Å². The molecule has 3 rings (SSSR count). The minimum Gasteiger partial charge on any atom is -0.350 e. The van der Waals surface area contributed by atoms with Crippen molar-refractivity contribution in [2.75, 3.05) is 11.6 Å². The van der Waals surface area contributed by atoms with Gasteiger partial charge in [0.05, 0.1) is 0 Å². The fourth-order valence-electron chi connectivity index (χ4n) is 2.72. The van der Waals surface area contributed by atoms with E-state index in [1.807, 2.05) is 28.4 Å². The van der Waals surface area contributed by atoms with E-state index < -0.39 is 0 Å². The smallest absolute Gasteiger partial charge is 0.243 e. The SMILES string of the molecule is CSC1CCC(Nc2nc3cccc(C)n3n2)CC1. The van der Waals surface area contributed by atoms with Crippen LogP contribution in [-0.4, -0.2) is 32.1 Å². The van der Waals surface area contributed by atoms with E-state index >= 15 is 0 Å². The van der Waals surface area contributed by atoms with Crippen LogP contribution >= 0.6 is 11.8 Å². The normalized spacial score (nSPS) is 23.7. The molecule has 0 radical (unpaired) electrons. The van der Waals surface area contributed by atoms with E-state index in [4.69, 9.17) is 0 Å². The molecule has 1 fully saturated rings. The van der Waals surface area contributed by atoms with Gasteiger partial charge in [-0.15, -0.1) is 5.10 Å². The van der Waals surface area contributed by atoms with Gasteiger partial charge in [0.1, 0.15) is 0 Å². The Hall–Kier alpha value is -1.23. The maximum Gasteiger partial charge on any atom is 0.243 e. The van der Waals surface area contributed by atoms with E-state index in [1.54, 1.807) is 0 Å². The Labute approximate surface area is 118 Å². The summed E-state index contributed by atoms with van der Waals surface area (Å²) in [7, 11) is 0. The predicted molar refractivity (Wildman–Crippen MR) is 80.9 cm³/mol.